The zero-order valence-corrected chi connectivity index (χ0v) is 29.0. The third kappa shape index (κ3) is 8.48. The number of fused-ring (bicyclic) bond motifs is 1. The fraction of sp³-hybridized carbons (Fsp3) is 0.559. The lowest BCUT2D eigenvalue weighted by atomic mass is 9.96. The van der Waals surface area contributed by atoms with Gasteiger partial charge in [-0.3, -0.25) is 4.72 Å². The highest BCUT2D eigenvalue weighted by atomic mass is 32.2. The number of carbonyl (C=O) groups is 1. The minimum atomic E-state index is -3.77. The van der Waals surface area contributed by atoms with Gasteiger partial charge in [-0.1, -0.05) is 33.8 Å². The van der Waals surface area contributed by atoms with Gasteiger partial charge in [-0.05, 0) is 88.4 Å². The predicted molar refractivity (Wildman–Crippen MR) is 180 cm³/mol. The molecule has 0 saturated carbocycles. The lowest BCUT2D eigenvalue weighted by molar-refractivity contribution is 0.0167. The molecule has 4 rings (SSSR count). The van der Waals surface area contributed by atoms with E-state index in [9.17, 15) is 13.2 Å². The molecular formula is C34H52F2N4O4S. The zero-order valence-electron chi connectivity index (χ0n) is 28.2. The molecule has 1 aliphatic carbocycles. The Kier molecular flexibility index (Phi) is 11.9. The number of nitrogens with one attached hydrogen (secondary N) is 1. The quantitative estimate of drug-likeness (QED) is 0.363. The van der Waals surface area contributed by atoms with E-state index in [0.717, 1.165) is 47.9 Å². The molecular weight excluding hydrogens is 598 g/mol. The number of aromatic nitrogens is 1. The van der Waals surface area contributed by atoms with Crippen LogP contribution in [-0.2, 0) is 14.8 Å². The molecule has 1 fully saturated rings. The van der Waals surface area contributed by atoms with Gasteiger partial charge in [-0.15, -0.1) is 0 Å². The Hall–Kier alpha value is -3.34. The highest BCUT2D eigenvalue weighted by Gasteiger charge is 2.30. The Bertz CT molecular complexity index is 1630. The number of hydrogen-bond acceptors (Lipinski definition) is 5. The lowest BCUT2D eigenvalue weighted by Gasteiger charge is -2.40. The number of ether oxygens (including phenoxy) is 1. The van der Waals surface area contributed by atoms with Crippen molar-refractivity contribution >= 4 is 34.0 Å². The van der Waals surface area contributed by atoms with E-state index in [2.05, 4.69) is 29.7 Å². The van der Waals surface area contributed by atoms with Crippen molar-refractivity contribution < 1.29 is 28.2 Å². The lowest BCUT2D eigenvalue weighted by Crippen LogP contribution is -2.47. The van der Waals surface area contributed by atoms with Gasteiger partial charge in [0.25, 0.3) is 0 Å². The van der Waals surface area contributed by atoms with Crippen LogP contribution in [0.3, 0.4) is 0 Å². The SMILES string of the molecule is CC.CCCS(=O)(=O)Nc1ccc(F)c(-n2cc(C)c3c2=CC=C(N(C)C2CCN(C(=O)OC(C)(C)C)CC2)C(CC)C=3)c1F.[HH]. The average molecular weight is 651 g/mol. The first-order valence-electron chi connectivity index (χ1n) is 16.0. The van der Waals surface area contributed by atoms with Crippen molar-refractivity contribution in [2.45, 2.75) is 92.7 Å². The molecule has 1 aliphatic heterocycles. The van der Waals surface area contributed by atoms with Gasteiger partial charge in [0.1, 0.15) is 17.1 Å². The summed E-state index contributed by atoms with van der Waals surface area (Å²) < 4.78 is 65.0. The van der Waals surface area contributed by atoms with E-state index in [1.165, 1.54) is 4.57 Å². The van der Waals surface area contributed by atoms with Crippen LogP contribution in [0.2, 0.25) is 0 Å². The topological polar surface area (TPSA) is 83.9 Å². The van der Waals surface area contributed by atoms with E-state index >= 15 is 8.78 Å². The molecule has 1 aromatic carbocycles. The summed E-state index contributed by atoms with van der Waals surface area (Å²) in [4.78, 5) is 16.6. The molecule has 1 amide bonds. The summed E-state index contributed by atoms with van der Waals surface area (Å²) in [7, 11) is -1.71. The van der Waals surface area contributed by atoms with Gasteiger partial charge >= 0.3 is 6.09 Å². The summed E-state index contributed by atoms with van der Waals surface area (Å²) in [6.07, 6.45) is 10.2. The number of sulfonamides is 1. The number of likely N-dealkylation sites (tertiary alicyclic amines) is 1. The van der Waals surface area contributed by atoms with Crippen molar-refractivity contribution in [3.8, 4) is 5.69 Å². The van der Waals surface area contributed by atoms with Crippen LogP contribution in [0.5, 0.6) is 0 Å². The second-order valence-electron chi connectivity index (χ2n) is 12.4. The first-order valence-corrected chi connectivity index (χ1v) is 17.6. The van der Waals surface area contributed by atoms with Crippen molar-refractivity contribution in [1.82, 2.24) is 14.4 Å². The van der Waals surface area contributed by atoms with Crippen LogP contribution in [-0.4, -0.2) is 66.4 Å². The van der Waals surface area contributed by atoms with Gasteiger partial charge in [0, 0.05) is 45.4 Å². The molecule has 0 bridgehead atoms. The molecule has 11 heteroatoms. The van der Waals surface area contributed by atoms with E-state index in [4.69, 9.17) is 4.74 Å². The third-order valence-corrected chi connectivity index (χ3v) is 9.48. The Morgan fingerprint density at radius 3 is 2.36 bits per heavy atom. The number of rotatable bonds is 8. The van der Waals surface area contributed by atoms with Crippen LogP contribution < -0.4 is 15.3 Å². The number of piperidine rings is 1. The van der Waals surface area contributed by atoms with E-state index in [-0.39, 0.29) is 36.6 Å². The van der Waals surface area contributed by atoms with E-state index < -0.39 is 27.3 Å². The van der Waals surface area contributed by atoms with Crippen molar-refractivity contribution in [2.75, 3.05) is 30.6 Å². The molecule has 2 aliphatic rings. The molecule has 1 N–H and O–H groups in total. The van der Waals surface area contributed by atoms with Crippen molar-refractivity contribution in [3.63, 3.8) is 0 Å². The molecule has 1 unspecified atom stereocenters. The number of hydrogen-bond donors (Lipinski definition) is 1. The molecule has 252 valence electrons. The van der Waals surface area contributed by atoms with Gasteiger partial charge < -0.3 is 19.1 Å². The maximum absolute atomic E-state index is 15.8. The Labute approximate surface area is 269 Å². The summed E-state index contributed by atoms with van der Waals surface area (Å²) in [5.41, 5.74) is 0.771. The van der Waals surface area contributed by atoms with E-state index in [1.807, 2.05) is 53.7 Å². The normalized spacial score (nSPS) is 17.1. The minimum Gasteiger partial charge on any atom is -0.444 e. The van der Waals surface area contributed by atoms with Gasteiger partial charge in [0.2, 0.25) is 10.0 Å². The van der Waals surface area contributed by atoms with Crippen LogP contribution in [0.25, 0.3) is 17.8 Å². The number of carbonyl (C=O) groups excluding carboxylic acids is 1. The fourth-order valence-corrected chi connectivity index (χ4v) is 6.95. The maximum Gasteiger partial charge on any atom is 0.410 e. The Balaban J connectivity index is 0.00000241. The number of benzene rings is 1. The van der Waals surface area contributed by atoms with Gasteiger partial charge in [-0.2, -0.15) is 0 Å². The first-order chi connectivity index (χ1) is 21.2. The molecule has 1 atom stereocenters. The number of allylic oxidation sites excluding steroid dienone is 2. The smallest absolute Gasteiger partial charge is 0.410 e. The molecule has 1 aromatic heterocycles. The van der Waals surface area contributed by atoms with E-state index in [1.54, 1.807) is 18.0 Å². The van der Waals surface area contributed by atoms with Crippen molar-refractivity contribution in [1.29, 1.82) is 0 Å². The summed E-state index contributed by atoms with van der Waals surface area (Å²) in [5, 5.41) is 1.49. The third-order valence-electron chi connectivity index (χ3n) is 8.00. The second kappa shape index (κ2) is 14.8. The number of halogens is 2. The number of amides is 1. The molecule has 0 radical (unpaired) electrons. The van der Waals surface area contributed by atoms with Gasteiger partial charge in [0.05, 0.1) is 16.8 Å². The molecule has 2 aromatic rings. The largest absolute Gasteiger partial charge is 0.444 e. The minimum absolute atomic E-state index is 0. The highest BCUT2D eigenvalue weighted by Crippen LogP contribution is 2.29. The molecule has 45 heavy (non-hydrogen) atoms. The summed E-state index contributed by atoms with van der Waals surface area (Å²) in [6.45, 7) is 16.5. The second-order valence-corrected chi connectivity index (χ2v) is 14.3. The van der Waals surface area contributed by atoms with Crippen molar-refractivity contribution in [2.24, 2.45) is 5.92 Å². The molecule has 1 saturated heterocycles. The maximum atomic E-state index is 15.8. The monoisotopic (exact) mass is 650 g/mol. The standard InChI is InChI=1S/C32H44F2N4O4S.C2H6.H2/c1-8-18-43(40,41)35-26-11-10-25(33)30(29(26)34)38-20-21(3)24-19-22(9-2)27(12-13-28(24)38)36(7)23-14-16-37(17-15-23)31(39)42-32(4,5)6;1-2;/h10-13,19-20,22-23,35H,8-9,14-18H2,1-7H3;1-2H3;1H. The average Bonchev–Trinajstić information content (AvgIpc) is 3.15. The number of anilines is 1. The summed E-state index contributed by atoms with van der Waals surface area (Å²) >= 11 is 0. The first kappa shape index (κ1) is 36.1. The zero-order chi connectivity index (χ0) is 33.7. The Morgan fingerprint density at radius 2 is 1.78 bits per heavy atom. The van der Waals surface area contributed by atoms with Crippen LogP contribution >= 0.6 is 0 Å². The molecule has 8 nitrogen and oxygen atoms in total. The summed E-state index contributed by atoms with van der Waals surface area (Å²) in [5.74, 6) is -1.88. The van der Waals surface area contributed by atoms with Crippen molar-refractivity contribution in [3.05, 3.63) is 57.9 Å². The summed E-state index contributed by atoms with van der Waals surface area (Å²) in [6, 6.07) is 2.40. The van der Waals surface area contributed by atoms with Gasteiger partial charge in [0.15, 0.2) is 5.82 Å². The van der Waals surface area contributed by atoms with E-state index in [0.29, 0.717) is 24.9 Å². The van der Waals surface area contributed by atoms with Crippen LogP contribution in [0, 0.1) is 24.5 Å². The van der Waals surface area contributed by atoms with Crippen LogP contribution in [0.4, 0.5) is 19.3 Å². The van der Waals surface area contributed by atoms with Crippen LogP contribution in [0.1, 0.15) is 81.1 Å². The number of nitrogens with zero attached hydrogens (tertiary/aromatic N) is 3. The fourth-order valence-electron chi connectivity index (χ4n) is 5.82. The van der Waals surface area contributed by atoms with Gasteiger partial charge in [-0.25, -0.2) is 22.0 Å². The molecule has 0 spiro atoms. The number of aryl methyl sites for hydroxylation is 1. The predicted octanol–water partition coefficient (Wildman–Crippen LogP) is 6.30. The van der Waals surface area contributed by atoms with Crippen LogP contribution in [0.15, 0.2) is 30.1 Å². The molecule has 2 heterocycles. The Morgan fingerprint density at radius 1 is 1.13 bits per heavy atom. The highest BCUT2D eigenvalue weighted by molar-refractivity contribution is 7.92.